The standard InChI is InChI=1S/C22H32N6O5/c1-15(2)14-28-19(23)18(20(30)26-22(28)32)27(12-7-13-33-3)17(29)10-11-24-21(31)25-16-8-5-4-6-9-16/h4-6,8-9,15H,7,10-14,23H2,1-3H3,(H2,24,25,31)(H,26,30,32). The van der Waals surface area contributed by atoms with Gasteiger partial charge in [0.2, 0.25) is 5.91 Å². The number of nitrogens with two attached hydrogens (primary N) is 1. The van der Waals surface area contributed by atoms with Crippen molar-refractivity contribution in [3.8, 4) is 0 Å². The highest BCUT2D eigenvalue weighted by molar-refractivity contribution is 5.96. The molecule has 0 saturated carbocycles. The molecule has 5 N–H and O–H groups in total. The van der Waals surface area contributed by atoms with Gasteiger partial charge in [-0.3, -0.25) is 19.1 Å². The molecule has 2 rings (SSSR count). The molecule has 0 saturated heterocycles. The Morgan fingerprint density at radius 1 is 1.21 bits per heavy atom. The van der Waals surface area contributed by atoms with Crippen LogP contribution in [0.25, 0.3) is 0 Å². The van der Waals surface area contributed by atoms with E-state index in [0.717, 1.165) is 0 Å². The molecule has 0 atom stereocenters. The lowest BCUT2D eigenvalue weighted by Gasteiger charge is -2.25. The van der Waals surface area contributed by atoms with Gasteiger partial charge in [0.15, 0.2) is 5.69 Å². The predicted molar refractivity (Wildman–Crippen MR) is 127 cm³/mol. The molecule has 11 nitrogen and oxygen atoms in total. The second-order valence-corrected chi connectivity index (χ2v) is 7.89. The minimum atomic E-state index is -0.738. The van der Waals surface area contributed by atoms with Gasteiger partial charge in [-0.15, -0.1) is 0 Å². The first-order valence-electron chi connectivity index (χ1n) is 10.8. The maximum atomic E-state index is 13.0. The van der Waals surface area contributed by atoms with Crippen molar-refractivity contribution in [3.05, 3.63) is 51.2 Å². The van der Waals surface area contributed by atoms with Crippen LogP contribution in [-0.4, -0.2) is 48.3 Å². The second kappa shape index (κ2) is 12.4. The van der Waals surface area contributed by atoms with Crippen molar-refractivity contribution in [1.82, 2.24) is 14.9 Å². The molecule has 0 aliphatic carbocycles. The normalized spacial score (nSPS) is 10.8. The van der Waals surface area contributed by atoms with Crippen LogP contribution in [0.2, 0.25) is 0 Å². The molecule has 0 unspecified atom stereocenters. The highest BCUT2D eigenvalue weighted by Gasteiger charge is 2.24. The van der Waals surface area contributed by atoms with Crippen molar-refractivity contribution in [2.45, 2.75) is 33.2 Å². The van der Waals surface area contributed by atoms with E-state index in [0.29, 0.717) is 18.7 Å². The van der Waals surface area contributed by atoms with Crippen LogP contribution in [0.15, 0.2) is 39.9 Å². The molecule has 1 heterocycles. The Morgan fingerprint density at radius 2 is 1.91 bits per heavy atom. The van der Waals surface area contributed by atoms with Gasteiger partial charge in [-0.2, -0.15) is 0 Å². The van der Waals surface area contributed by atoms with Crippen LogP contribution in [0.4, 0.5) is 22.0 Å². The number of aromatic amines is 1. The number of nitrogens with one attached hydrogen (secondary N) is 3. The van der Waals surface area contributed by atoms with Gasteiger partial charge < -0.3 is 26.0 Å². The van der Waals surface area contributed by atoms with Crippen molar-refractivity contribution in [1.29, 1.82) is 0 Å². The lowest BCUT2D eigenvalue weighted by molar-refractivity contribution is -0.118. The van der Waals surface area contributed by atoms with Gasteiger partial charge >= 0.3 is 11.7 Å². The maximum absolute atomic E-state index is 13.0. The Hall–Kier alpha value is -3.60. The molecule has 0 bridgehead atoms. The highest BCUT2D eigenvalue weighted by atomic mass is 16.5. The Kier molecular flexibility index (Phi) is 9.67. The van der Waals surface area contributed by atoms with Crippen molar-refractivity contribution >= 4 is 29.1 Å². The van der Waals surface area contributed by atoms with Crippen molar-refractivity contribution in [2.24, 2.45) is 5.92 Å². The number of anilines is 3. The molecule has 0 aliphatic heterocycles. The predicted octanol–water partition coefficient (Wildman–Crippen LogP) is 1.36. The molecule has 11 heteroatoms. The first kappa shape index (κ1) is 25.7. The molecule has 1 aromatic heterocycles. The number of carbonyl (C=O) groups excluding carboxylic acids is 2. The van der Waals surface area contributed by atoms with Crippen LogP contribution >= 0.6 is 0 Å². The molecule has 0 aliphatic rings. The Bertz CT molecular complexity index is 1050. The number of methoxy groups -OCH3 is 1. The molecule has 2 aromatic rings. The summed E-state index contributed by atoms with van der Waals surface area (Å²) >= 11 is 0. The van der Waals surface area contributed by atoms with Crippen LogP contribution in [0.3, 0.4) is 0 Å². The number of hydrogen-bond donors (Lipinski definition) is 4. The third-order valence-corrected chi connectivity index (χ3v) is 4.72. The van der Waals surface area contributed by atoms with Crippen LogP contribution in [0.5, 0.6) is 0 Å². The summed E-state index contributed by atoms with van der Waals surface area (Å²) in [7, 11) is 1.53. The van der Waals surface area contributed by atoms with E-state index in [1.54, 1.807) is 24.3 Å². The van der Waals surface area contributed by atoms with E-state index < -0.39 is 23.2 Å². The van der Waals surface area contributed by atoms with Gasteiger partial charge in [-0.05, 0) is 24.5 Å². The number of ether oxygens (including phenoxy) is 1. The second-order valence-electron chi connectivity index (χ2n) is 7.89. The fourth-order valence-electron chi connectivity index (χ4n) is 3.23. The van der Waals surface area contributed by atoms with Gasteiger partial charge in [-0.1, -0.05) is 32.0 Å². The van der Waals surface area contributed by atoms with E-state index in [1.807, 2.05) is 19.9 Å². The molecule has 33 heavy (non-hydrogen) atoms. The SMILES string of the molecule is COCCCN(C(=O)CCNC(=O)Nc1ccccc1)c1c(N)n(CC(C)C)c(=O)[nH]c1=O. The summed E-state index contributed by atoms with van der Waals surface area (Å²) < 4.78 is 6.31. The van der Waals surface area contributed by atoms with E-state index in [4.69, 9.17) is 10.5 Å². The lowest BCUT2D eigenvalue weighted by Crippen LogP contribution is -2.43. The van der Waals surface area contributed by atoms with Gasteiger partial charge in [0.1, 0.15) is 5.82 Å². The monoisotopic (exact) mass is 460 g/mol. The maximum Gasteiger partial charge on any atom is 0.330 e. The number of aromatic nitrogens is 2. The van der Waals surface area contributed by atoms with Crippen molar-refractivity contribution in [2.75, 3.05) is 42.8 Å². The van der Waals surface area contributed by atoms with Crippen LogP contribution in [-0.2, 0) is 16.1 Å². The van der Waals surface area contributed by atoms with Crippen LogP contribution in [0, 0.1) is 5.92 Å². The van der Waals surface area contributed by atoms with Crippen LogP contribution in [0.1, 0.15) is 26.7 Å². The minimum absolute atomic E-state index is 0.0434. The summed E-state index contributed by atoms with van der Waals surface area (Å²) in [6.45, 7) is 4.67. The number of benzene rings is 1. The summed E-state index contributed by atoms with van der Waals surface area (Å²) in [4.78, 5) is 53.4. The van der Waals surface area contributed by atoms with E-state index in [2.05, 4.69) is 15.6 Å². The zero-order chi connectivity index (χ0) is 24.4. The third-order valence-electron chi connectivity index (χ3n) is 4.72. The molecule has 0 spiro atoms. The number of carbonyl (C=O) groups is 2. The smallest absolute Gasteiger partial charge is 0.330 e. The summed E-state index contributed by atoms with van der Waals surface area (Å²) in [6.07, 6.45) is 0.379. The number of H-pyrrole nitrogens is 1. The average molecular weight is 461 g/mol. The molecule has 3 amide bonds. The zero-order valence-corrected chi connectivity index (χ0v) is 19.2. The first-order valence-corrected chi connectivity index (χ1v) is 10.8. The minimum Gasteiger partial charge on any atom is -0.385 e. The molecule has 0 fully saturated rings. The molecular formula is C22H32N6O5. The highest BCUT2D eigenvalue weighted by Crippen LogP contribution is 2.19. The van der Waals surface area contributed by atoms with Gasteiger partial charge in [0.05, 0.1) is 0 Å². The number of nitrogens with zero attached hydrogens (tertiary/aromatic N) is 2. The number of hydrogen-bond acceptors (Lipinski definition) is 6. The van der Waals surface area contributed by atoms with Gasteiger partial charge in [0, 0.05) is 45.5 Å². The molecule has 0 radical (unpaired) electrons. The van der Waals surface area contributed by atoms with Gasteiger partial charge in [0.25, 0.3) is 5.56 Å². The summed E-state index contributed by atoms with van der Waals surface area (Å²) in [6, 6.07) is 8.43. The quantitative estimate of drug-likeness (QED) is 0.372. The Labute approximate surface area is 191 Å². The summed E-state index contributed by atoms with van der Waals surface area (Å²) in [5.41, 5.74) is 5.35. The van der Waals surface area contributed by atoms with E-state index in [-0.39, 0.29) is 43.5 Å². The summed E-state index contributed by atoms with van der Waals surface area (Å²) in [5, 5.41) is 5.28. The van der Waals surface area contributed by atoms with Crippen molar-refractivity contribution < 1.29 is 14.3 Å². The molecule has 1 aromatic carbocycles. The number of rotatable bonds is 11. The fourth-order valence-corrected chi connectivity index (χ4v) is 3.23. The van der Waals surface area contributed by atoms with E-state index in [1.165, 1.54) is 16.6 Å². The number of urea groups is 1. The third kappa shape index (κ3) is 7.49. The number of nitrogen functional groups attached to an aromatic ring is 1. The Morgan fingerprint density at radius 3 is 2.55 bits per heavy atom. The van der Waals surface area contributed by atoms with Crippen molar-refractivity contribution in [3.63, 3.8) is 0 Å². The molecule has 180 valence electrons. The van der Waals surface area contributed by atoms with E-state index in [9.17, 15) is 19.2 Å². The summed E-state index contributed by atoms with van der Waals surface area (Å²) in [5.74, 6) is -0.398. The number of para-hydroxylation sites is 1. The Balaban J connectivity index is 2.17. The van der Waals surface area contributed by atoms with E-state index >= 15 is 0 Å². The fraction of sp³-hybridized carbons (Fsp3) is 0.455. The first-order chi connectivity index (χ1) is 15.7. The van der Waals surface area contributed by atoms with Crippen LogP contribution < -0.4 is 32.5 Å². The largest absolute Gasteiger partial charge is 0.385 e. The number of amides is 3. The zero-order valence-electron chi connectivity index (χ0n) is 19.2. The average Bonchev–Trinajstić information content (AvgIpc) is 2.76. The topological polar surface area (TPSA) is 152 Å². The molecular weight excluding hydrogens is 428 g/mol. The lowest BCUT2D eigenvalue weighted by atomic mass is 10.2. The van der Waals surface area contributed by atoms with Gasteiger partial charge in [-0.25, -0.2) is 9.59 Å².